The summed E-state index contributed by atoms with van der Waals surface area (Å²) >= 11 is 0. The predicted octanol–water partition coefficient (Wildman–Crippen LogP) is 5.75. The fourth-order valence-electron chi connectivity index (χ4n) is 2.79. The zero-order chi connectivity index (χ0) is 23.1. The van der Waals surface area contributed by atoms with Crippen LogP contribution in [0.25, 0.3) is 0 Å². The van der Waals surface area contributed by atoms with E-state index in [1.54, 1.807) is 0 Å². The summed E-state index contributed by atoms with van der Waals surface area (Å²) in [7, 11) is 0. The first kappa shape index (κ1) is 23.1. The number of nitro groups is 1. The molecule has 2 rings (SSSR count). The van der Waals surface area contributed by atoms with Crippen molar-refractivity contribution in [3.8, 4) is 0 Å². The van der Waals surface area contributed by atoms with Crippen molar-refractivity contribution in [2.24, 2.45) is 0 Å². The molecule has 162 valence electrons. The molecule has 0 aliphatic heterocycles. The molecule has 0 aliphatic carbocycles. The number of nitrogens with one attached hydrogen (secondary N) is 1. The van der Waals surface area contributed by atoms with Crippen LogP contribution in [0, 0.1) is 24.0 Å². The van der Waals surface area contributed by atoms with E-state index in [2.05, 4.69) is 5.32 Å². The average molecular weight is 438 g/mol. The molecule has 0 saturated heterocycles. The molecule has 1 amide bonds. The third-order valence-electron chi connectivity index (χ3n) is 4.27. The van der Waals surface area contributed by atoms with Gasteiger partial charge < -0.3 is 5.32 Å². The van der Waals surface area contributed by atoms with Crippen molar-refractivity contribution < 1.29 is 40.5 Å². The summed E-state index contributed by atoms with van der Waals surface area (Å²) in [6.45, 7) is 2.18. The number of benzene rings is 2. The van der Waals surface area contributed by atoms with E-state index in [4.69, 9.17) is 0 Å². The molecular weight excluding hydrogens is 425 g/mol. The Labute approximate surface area is 164 Å². The van der Waals surface area contributed by atoms with E-state index in [0.717, 1.165) is 26.0 Å². The molecule has 0 atom stereocenters. The summed E-state index contributed by atoms with van der Waals surface area (Å²) < 4.78 is 92.1. The number of alkyl halides is 7. The Morgan fingerprint density at radius 1 is 0.933 bits per heavy atom. The molecule has 0 aliphatic rings. The molecule has 0 aromatic heterocycles. The zero-order valence-corrected chi connectivity index (χ0v) is 15.3. The fraction of sp³-hybridized carbons (Fsp3) is 0.278. The molecule has 0 heterocycles. The number of rotatable bonds is 4. The van der Waals surface area contributed by atoms with Gasteiger partial charge in [-0.1, -0.05) is 18.2 Å². The van der Waals surface area contributed by atoms with E-state index < -0.39 is 40.1 Å². The molecule has 1 N–H and O–H groups in total. The number of amides is 1. The minimum absolute atomic E-state index is 0.151. The van der Waals surface area contributed by atoms with Gasteiger partial charge in [-0.3, -0.25) is 14.9 Å². The molecule has 5 nitrogen and oxygen atoms in total. The van der Waals surface area contributed by atoms with Crippen LogP contribution in [0.15, 0.2) is 36.4 Å². The van der Waals surface area contributed by atoms with Crippen LogP contribution in [0.1, 0.15) is 27.0 Å². The molecule has 0 unspecified atom stereocenters. The first-order valence-electron chi connectivity index (χ1n) is 8.09. The SMILES string of the molecule is Cc1cc(C(F)(C(F)(F)F)C(F)(F)F)cc(C)c1NC(=O)c1cccc([N+](=O)[O-])c1. The second-order valence-corrected chi connectivity index (χ2v) is 6.40. The van der Waals surface area contributed by atoms with Crippen molar-refractivity contribution in [3.63, 3.8) is 0 Å². The normalized spacial score (nSPS) is 12.6. The second kappa shape index (κ2) is 7.58. The predicted molar refractivity (Wildman–Crippen MR) is 91.9 cm³/mol. The van der Waals surface area contributed by atoms with E-state index >= 15 is 0 Å². The molecule has 0 bridgehead atoms. The highest BCUT2D eigenvalue weighted by atomic mass is 19.4. The molecule has 12 heteroatoms. The van der Waals surface area contributed by atoms with Gasteiger partial charge in [0.2, 0.25) is 0 Å². The van der Waals surface area contributed by atoms with Gasteiger partial charge >= 0.3 is 18.0 Å². The molecule has 0 saturated carbocycles. The minimum atomic E-state index is -6.27. The summed E-state index contributed by atoms with van der Waals surface area (Å²) in [5.74, 6) is -0.893. The van der Waals surface area contributed by atoms with Crippen molar-refractivity contribution in [2.45, 2.75) is 31.9 Å². The number of hydrogen-bond acceptors (Lipinski definition) is 3. The Hall–Kier alpha value is -3.18. The average Bonchev–Trinajstić information content (AvgIpc) is 2.61. The van der Waals surface area contributed by atoms with Crippen molar-refractivity contribution in [3.05, 3.63) is 68.8 Å². The molecule has 0 spiro atoms. The van der Waals surface area contributed by atoms with Crippen LogP contribution < -0.4 is 5.32 Å². The minimum Gasteiger partial charge on any atom is -0.321 e. The maximum atomic E-state index is 14.3. The number of nitro benzene ring substituents is 1. The monoisotopic (exact) mass is 438 g/mol. The number of carbonyl (C=O) groups excluding carboxylic acids is 1. The highest BCUT2D eigenvalue weighted by molar-refractivity contribution is 6.05. The number of nitrogens with zero attached hydrogens (tertiary/aromatic N) is 1. The van der Waals surface area contributed by atoms with Crippen LogP contribution in [0.4, 0.5) is 42.1 Å². The van der Waals surface area contributed by atoms with Gasteiger partial charge in [0, 0.05) is 28.9 Å². The Bertz CT molecular complexity index is 963. The first-order valence-corrected chi connectivity index (χ1v) is 8.09. The van der Waals surface area contributed by atoms with E-state index in [-0.39, 0.29) is 22.4 Å². The highest BCUT2D eigenvalue weighted by Gasteiger charge is 2.73. The van der Waals surface area contributed by atoms with Crippen molar-refractivity contribution in [2.75, 3.05) is 5.32 Å². The summed E-state index contributed by atoms with van der Waals surface area (Å²) in [5.41, 5.74) is -8.52. The van der Waals surface area contributed by atoms with Gasteiger partial charge in [0.1, 0.15) is 0 Å². The largest absolute Gasteiger partial charge is 0.435 e. The van der Waals surface area contributed by atoms with Gasteiger partial charge in [0.15, 0.2) is 0 Å². The lowest BCUT2D eigenvalue weighted by atomic mass is 9.90. The van der Waals surface area contributed by atoms with E-state index in [1.165, 1.54) is 12.1 Å². The number of anilines is 1. The number of aryl methyl sites for hydroxylation is 2. The lowest BCUT2D eigenvalue weighted by Crippen LogP contribution is -2.50. The van der Waals surface area contributed by atoms with Gasteiger partial charge in [0.05, 0.1) is 4.92 Å². The molecule has 0 radical (unpaired) electrons. The van der Waals surface area contributed by atoms with Gasteiger partial charge in [-0.15, -0.1) is 0 Å². The number of non-ortho nitro benzene ring substituents is 1. The first-order chi connectivity index (χ1) is 13.6. The van der Waals surface area contributed by atoms with E-state index in [9.17, 15) is 45.6 Å². The highest BCUT2D eigenvalue weighted by Crippen LogP contribution is 2.53. The molecule has 30 heavy (non-hydrogen) atoms. The maximum Gasteiger partial charge on any atom is 0.435 e. The fourth-order valence-corrected chi connectivity index (χ4v) is 2.79. The molecule has 2 aromatic carbocycles. The van der Waals surface area contributed by atoms with Crippen LogP contribution in [0.2, 0.25) is 0 Å². The van der Waals surface area contributed by atoms with Crippen LogP contribution >= 0.6 is 0 Å². The van der Waals surface area contributed by atoms with Crippen molar-refractivity contribution >= 4 is 17.3 Å². The lowest BCUT2D eigenvalue weighted by Gasteiger charge is -2.31. The Balaban J connectivity index is 2.48. The third-order valence-corrected chi connectivity index (χ3v) is 4.27. The van der Waals surface area contributed by atoms with Gasteiger partial charge in [0.25, 0.3) is 11.6 Å². The van der Waals surface area contributed by atoms with Crippen LogP contribution in [-0.4, -0.2) is 23.2 Å². The van der Waals surface area contributed by atoms with Gasteiger partial charge in [-0.25, -0.2) is 4.39 Å². The Kier molecular flexibility index (Phi) is 5.83. The van der Waals surface area contributed by atoms with E-state index in [1.807, 2.05) is 0 Å². The lowest BCUT2D eigenvalue weighted by molar-refractivity contribution is -0.384. The zero-order valence-electron chi connectivity index (χ0n) is 15.3. The van der Waals surface area contributed by atoms with Crippen LogP contribution in [0.5, 0.6) is 0 Å². The summed E-state index contributed by atoms with van der Waals surface area (Å²) in [6, 6.07) is 5.20. The standard InChI is InChI=1S/C18H13F7N2O3/c1-9-6-12(16(19,17(20,21)22)18(23,24)25)7-10(2)14(9)26-15(28)11-4-3-5-13(8-11)27(29)30/h3-8H,1-2H3,(H,26,28). The number of carbonyl (C=O) groups is 1. The summed E-state index contributed by atoms with van der Waals surface area (Å²) in [6.07, 6.45) is -12.5. The summed E-state index contributed by atoms with van der Waals surface area (Å²) in [4.78, 5) is 22.4. The molecular formula is C18H13F7N2O3. The van der Waals surface area contributed by atoms with E-state index in [0.29, 0.717) is 12.1 Å². The van der Waals surface area contributed by atoms with Crippen LogP contribution in [0.3, 0.4) is 0 Å². The Morgan fingerprint density at radius 3 is 1.87 bits per heavy atom. The number of hydrogen-bond donors (Lipinski definition) is 1. The Morgan fingerprint density at radius 2 is 1.43 bits per heavy atom. The second-order valence-electron chi connectivity index (χ2n) is 6.40. The molecule has 0 fully saturated rings. The molecule has 2 aromatic rings. The van der Waals surface area contributed by atoms with Crippen LogP contribution in [-0.2, 0) is 5.67 Å². The number of halogens is 7. The maximum absolute atomic E-state index is 14.3. The topological polar surface area (TPSA) is 72.2 Å². The third kappa shape index (κ3) is 4.07. The van der Waals surface area contributed by atoms with Gasteiger partial charge in [-0.2, -0.15) is 26.3 Å². The van der Waals surface area contributed by atoms with Crippen molar-refractivity contribution in [1.82, 2.24) is 0 Å². The van der Waals surface area contributed by atoms with Crippen molar-refractivity contribution in [1.29, 1.82) is 0 Å². The quantitative estimate of drug-likeness (QED) is 0.375. The summed E-state index contributed by atoms with van der Waals surface area (Å²) in [5, 5.41) is 13.1. The smallest absolute Gasteiger partial charge is 0.321 e. The van der Waals surface area contributed by atoms with Gasteiger partial charge in [-0.05, 0) is 31.0 Å².